The van der Waals surface area contributed by atoms with Gasteiger partial charge in [0.2, 0.25) is 0 Å². The van der Waals surface area contributed by atoms with E-state index in [1.54, 1.807) is 0 Å². The van der Waals surface area contributed by atoms with Crippen LogP contribution in [0.5, 0.6) is 0 Å². The highest BCUT2D eigenvalue weighted by Crippen LogP contribution is 2.46. The molecule has 1 unspecified atom stereocenters. The number of hydrogen-bond donors (Lipinski definition) is 0. The highest BCUT2D eigenvalue weighted by molar-refractivity contribution is 9.10. The van der Waals surface area contributed by atoms with Crippen molar-refractivity contribution in [3.05, 3.63) is 45.6 Å². The highest BCUT2D eigenvalue weighted by Gasteiger charge is 2.44. The molecule has 1 heterocycles. The second-order valence-corrected chi connectivity index (χ2v) is 9.13. The van der Waals surface area contributed by atoms with E-state index in [4.69, 9.17) is 4.18 Å². The Morgan fingerprint density at radius 3 is 2.59 bits per heavy atom. The van der Waals surface area contributed by atoms with Crippen molar-refractivity contribution >= 4 is 31.8 Å². The van der Waals surface area contributed by atoms with E-state index in [9.17, 15) is 13.2 Å². The van der Waals surface area contributed by atoms with E-state index in [0.717, 1.165) is 10.0 Å². The molecular weight excluding hydrogens is 368 g/mol. The Kier molecular flexibility index (Phi) is 3.72. The van der Waals surface area contributed by atoms with E-state index in [2.05, 4.69) is 15.9 Å². The molecule has 0 fully saturated rings. The van der Waals surface area contributed by atoms with Crippen LogP contribution in [0.4, 0.5) is 0 Å². The molecule has 2 aliphatic rings. The van der Waals surface area contributed by atoms with Gasteiger partial charge in [0.25, 0.3) is 0 Å². The number of carbonyl (C=O) groups is 1. The van der Waals surface area contributed by atoms with Gasteiger partial charge in [-0.3, -0.25) is 4.79 Å². The first kappa shape index (κ1) is 15.7. The molecule has 1 atom stereocenters. The summed E-state index contributed by atoms with van der Waals surface area (Å²) in [5.74, 6) is -0.344. The Labute approximate surface area is 138 Å². The zero-order chi connectivity index (χ0) is 16.1. The van der Waals surface area contributed by atoms with E-state index in [0.29, 0.717) is 24.2 Å². The van der Waals surface area contributed by atoms with Gasteiger partial charge in [0.15, 0.2) is 5.78 Å². The van der Waals surface area contributed by atoms with E-state index in [1.807, 2.05) is 38.1 Å². The summed E-state index contributed by atoms with van der Waals surface area (Å²) in [5, 5.41) is 0. The quantitative estimate of drug-likeness (QED) is 0.694. The fourth-order valence-corrected chi connectivity index (χ4v) is 5.06. The van der Waals surface area contributed by atoms with Crippen molar-refractivity contribution in [2.24, 2.45) is 5.41 Å². The van der Waals surface area contributed by atoms with Gasteiger partial charge in [0, 0.05) is 28.8 Å². The Morgan fingerprint density at radius 1 is 1.23 bits per heavy atom. The molecule has 0 aromatic heterocycles. The molecule has 0 amide bonds. The molecule has 1 aromatic rings. The summed E-state index contributed by atoms with van der Waals surface area (Å²) < 4.78 is 30.3. The lowest BCUT2D eigenvalue weighted by atomic mass is 9.73. The summed E-state index contributed by atoms with van der Waals surface area (Å²) in [6.07, 6.45) is 0.879. The third-order valence-corrected chi connectivity index (χ3v) is 6.03. The molecule has 0 N–H and O–H groups in total. The summed E-state index contributed by atoms with van der Waals surface area (Å²) in [6.45, 7) is 3.90. The van der Waals surface area contributed by atoms with Crippen LogP contribution in [0.15, 0.2) is 40.1 Å². The average Bonchev–Trinajstić information content (AvgIpc) is 2.34. The maximum Gasteiger partial charge on any atom is 0.309 e. The fourth-order valence-electron chi connectivity index (χ4n) is 3.22. The topological polar surface area (TPSA) is 60.4 Å². The van der Waals surface area contributed by atoms with Crippen molar-refractivity contribution < 1.29 is 17.4 Å². The summed E-state index contributed by atoms with van der Waals surface area (Å²) in [5.41, 5.74) is 1.07. The van der Waals surface area contributed by atoms with Gasteiger partial charge in [-0.15, -0.1) is 0 Å². The first-order valence-corrected chi connectivity index (χ1v) is 9.48. The molecule has 1 aromatic carbocycles. The van der Waals surface area contributed by atoms with Crippen molar-refractivity contribution in [2.75, 3.05) is 5.75 Å². The van der Waals surface area contributed by atoms with E-state index in [-0.39, 0.29) is 17.0 Å². The van der Waals surface area contributed by atoms with Gasteiger partial charge >= 0.3 is 10.1 Å². The van der Waals surface area contributed by atoms with Crippen LogP contribution in [-0.2, 0) is 19.1 Å². The van der Waals surface area contributed by atoms with Crippen LogP contribution in [0.1, 0.15) is 38.2 Å². The molecule has 0 spiro atoms. The van der Waals surface area contributed by atoms with Crippen molar-refractivity contribution in [1.82, 2.24) is 0 Å². The van der Waals surface area contributed by atoms with Crippen LogP contribution < -0.4 is 0 Å². The van der Waals surface area contributed by atoms with E-state index >= 15 is 0 Å². The monoisotopic (exact) mass is 384 g/mol. The molecule has 1 aliphatic heterocycles. The van der Waals surface area contributed by atoms with Gasteiger partial charge in [-0.1, -0.05) is 48.0 Å². The number of halogens is 1. The summed E-state index contributed by atoms with van der Waals surface area (Å²) in [4.78, 5) is 12.6. The lowest BCUT2D eigenvalue weighted by molar-refractivity contribution is -0.118. The number of ketones is 1. The van der Waals surface area contributed by atoms with Crippen molar-refractivity contribution in [3.8, 4) is 0 Å². The van der Waals surface area contributed by atoms with Gasteiger partial charge in [-0.2, -0.15) is 8.42 Å². The predicted octanol–water partition coefficient (Wildman–Crippen LogP) is 3.54. The minimum atomic E-state index is -3.67. The van der Waals surface area contributed by atoms with Crippen LogP contribution in [-0.4, -0.2) is 20.0 Å². The molecule has 0 bridgehead atoms. The lowest BCUT2D eigenvalue weighted by Gasteiger charge is -2.37. The molecule has 0 saturated carbocycles. The molecule has 0 radical (unpaired) electrons. The normalized spacial score (nSPS) is 26.3. The maximum atomic E-state index is 12.6. The number of hydrogen-bond acceptors (Lipinski definition) is 4. The third kappa shape index (κ3) is 2.86. The molecule has 118 valence electrons. The molecular formula is C16H17BrO4S. The van der Waals surface area contributed by atoms with Crippen LogP contribution in [0.3, 0.4) is 0 Å². The van der Waals surface area contributed by atoms with E-state index in [1.165, 1.54) is 0 Å². The van der Waals surface area contributed by atoms with Gasteiger partial charge in [0.05, 0.1) is 5.75 Å². The van der Waals surface area contributed by atoms with Gasteiger partial charge < -0.3 is 4.18 Å². The fraction of sp³-hybridized carbons (Fsp3) is 0.438. The number of allylic oxidation sites excluding steroid dienone is 2. The van der Waals surface area contributed by atoms with Crippen molar-refractivity contribution in [1.29, 1.82) is 0 Å². The van der Waals surface area contributed by atoms with Gasteiger partial charge in [-0.25, -0.2) is 0 Å². The molecule has 4 nitrogen and oxygen atoms in total. The second-order valence-electron chi connectivity index (χ2n) is 6.66. The zero-order valence-corrected chi connectivity index (χ0v) is 14.8. The van der Waals surface area contributed by atoms with Gasteiger partial charge in [-0.05, 0) is 17.0 Å². The zero-order valence-electron chi connectivity index (χ0n) is 12.4. The smallest absolute Gasteiger partial charge is 0.309 e. The van der Waals surface area contributed by atoms with Crippen LogP contribution in [0, 0.1) is 5.41 Å². The standard InChI is InChI=1S/C16H17BrO4S/c1-16(2)7-13(18)15-11(10-5-3-4-6-12(10)17)9-22(19,20)21-14(15)8-16/h3-6,11H,7-9H2,1-2H3. The lowest BCUT2D eigenvalue weighted by Crippen LogP contribution is -2.36. The first-order chi connectivity index (χ1) is 10.2. The molecule has 3 rings (SSSR count). The molecule has 0 saturated heterocycles. The van der Waals surface area contributed by atoms with Crippen molar-refractivity contribution in [2.45, 2.75) is 32.6 Å². The summed E-state index contributed by atoms with van der Waals surface area (Å²) >= 11 is 3.46. The molecule has 22 heavy (non-hydrogen) atoms. The molecule has 1 aliphatic carbocycles. The first-order valence-electron chi connectivity index (χ1n) is 7.11. The number of carbonyl (C=O) groups excluding carboxylic acids is 1. The van der Waals surface area contributed by atoms with Crippen molar-refractivity contribution in [3.63, 3.8) is 0 Å². The molecule has 6 heteroatoms. The minimum Gasteiger partial charge on any atom is -0.386 e. The predicted molar refractivity (Wildman–Crippen MR) is 86.8 cm³/mol. The number of Topliss-reactive ketones (excluding diaryl/α,β-unsaturated/α-hetero) is 1. The Morgan fingerprint density at radius 2 is 1.91 bits per heavy atom. The van der Waals surface area contributed by atoms with E-state index < -0.39 is 16.0 Å². The summed E-state index contributed by atoms with van der Waals surface area (Å²) in [7, 11) is -3.67. The Bertz CT molecular complexity index is 777. The Balaban J connectivity index is 2.17. The van der Waals surface area contributed by atoms with Crippen LogP contribution in [0.2, 0.25) is 0 Å². The third-order valence-electron chi connectivity index (χ3n) is 4.11. The van der Waals surface area contributed by atoms with Crippen LogP contribution >= 0.6 is 15.9 Å². The SMILES string of the molecule is CC1(C)CC(=O)C2=C(C1)OS(=O)(=O)CC2c1ccccc1Br. The largest absolute Gasteiger partial charge is 0.386 e. The average molecular weight is 385 g/mol. The van der Waals surface area contributed by atoms with Crippen LogP contribution in [0.25, 0.3) is 0 Å². The highest BCUT2D eigenvalue weighted by atomic mass is 79.9. The maximum absolute atomic E-state index is 12.6. The van der Waals surface area contributed by atoms with Gasteiger partial charge in [0.1, 0.15) is 5.76 Å². The Hall–Kier alpha value is -1.14. The number of rotatable bonds is 1. The summed E-state index contributed by atoms with van der Waals surface area (Å²) in [6, 6.07) is 7.42. The second kappa shape index (κ2) is 5.20. The minimum absolute atomic E-state index is 0.0121. The number of benzene rings is 1.